The second-order valence-corrected chi connectivity index (χ2v) is 5.17. The Hall–Kier alpha value is -2.54. The van der Waals surface area contributed by atoms with Crippen molar-refractivity contribution in [1.29, 1.82) is 0 Å². The zero-order chi connectivity index (χ0) is 15.9. The minimum absolute atomic E-state index is 0.0699. The van der Waals surface area contributed by atoms with Crippen LogP contribution < -0.4 is 10.1 Å². The third kappa shape index (κ3) is 4.23. The van der Waals surface area contributed by atoms with Gasteiger partial charge in [-0.25, -0.2) is 0 Å². The largest absolute Gasteiger partial charge is 0.477 e. The van der Waals surface area contributed by atoms with E-state index in [1.807, 2.05) is 24.5 Å². The molecule has 0 spiro atoms. The Morgan fingerprint density at radius 2 is 2.05 bits per heavy atom. The van der Waals surface area contributed by atoms with Crippen LogP contribution in [0, 0.1) is 10.1 Å². The summed E-state index contributed by atoms with van der Waals surface area (Å²) >= 11 is 1.57. The van der Waals surface area contributed by atoms with Crippen LogP contribution in [-0.2, 0) is 4.79 Å². The Morgan fingerprint density at radius 3 is 2.77 bits per heavy atom. The molecule has 0 saturated carbocycles. The number of hydrogen-bond acceptors (Lipinski definition) is 5. The minimum Gasteiger partial charge on any atom is -0.477 e. The average molecular weight is 318 g/mol. The lowest BCUT2D eigenvalue weighted by Crippen LogP contribution is -2.20. The van der Waals surface area contributed by atoms with Gasteiger partial charge in [0, 0.05) is 16.6 Å². The Labute approximate surface area is 131 Å². The first-order valence-corrected chi connectivity index (χ1v) is 7.63. The second kappa shape index (κ2) is 7.46. The predicted octanol–water partition coefficient (Wildman–Crippen LogP) is 3.33. The fourth-order valence-electron chi connectivity index (χ4n) is 1.77. The van der Waals surface area contributed by atoms with Gasteiger partial charge in [-0.1, -0.05) is 18.2 Å². The highest BCUT2D eigenvalue weighted by molar-refractivity contribution is 7.98. The molecular formula is C15H14N2O4S. The number of ether oxygens (including phenoxy) is 1. The molecule has 0 heterocycles. The maximum atomic E-state index is 11.9. The standard InChI is InChI=1S/C15H14N2O4S/c1-22-12-6-4-5-11(9-12)16-15(18)10-21-14-8-3-2-7-13(14)17(19)20/h2-9H,10H2,1H3,(H,16,18). The summed E-state index contributed by atoms with van der Waals surface area (Å²) in [5, 5.41) is 13.5. The van der Waals surface area contributed by atoms with E-state index in [0.29, 0.717) is 5.69 Å². The molecule has 2 aromatic carbocycles. The van der Waals surface area contributed by atoms with Crippen molar-refractivity contribution in [2.24, 2.45) is 0 Å². The molecule has 0 radical (unpaired) electrons. The van der Waals surface area contributed by atoms with E-state index in [9.17, 15) is 14.9 Å². The highest BCUT2D eigenvalue weighted by atomic mass is 32.2. The van der Waals surface area contributed by atoms with E-state index in [1.165, 1.54) is 12.1 Å². The van der Waals surface area contributed by atoms with Gasteiger partial charge in [0.15, 0.2) is 12.4 Å². The summed E-state index contributed by atoms with van der Waals surface area (Å²) in [6.45, 7) is -0.297. The molecule has 0 atom stereocenters. The van der Waals surface area contributed by atoms with Crippen LogP contribution in [0.3, 0.4) is 0 Å². The Bertz CT molecular complexity index is 691. The number of carbonyl (C=O) groups excluding carboxylic acids is 1. The van der Waals surface area contributed by atoms with Crippen molar-refractivity contribution in [3.8, 4) is 5.75 Å². The Morgan fingerprint density at radius 1 is 1.27 bits per heavy atom. The molecule has 22 heavy (non-hydrogen) atoms. The van der Waals surface area contributed by atoms with E-state index in [2.05, 4.69) is 5.32 Å². The molecule has 0 bridgehead atoms. The summed E-state index contributed by atoms with van der Waals surface area (Å²) in [6, 6.07) is 13.3. The van der Waals surface area contributed by atoms with Crippen molar-refractivity contribution in [2.45, 2.75) is 4.90 Å². The van der Waals surface area contributed by atoms with E-state index < -0.39 is 4.92 Å². The molecule has 0 aliphatic heterocycles. The maximum absolute atomic E-state index is 11.9. The first-order valence-electron chi connectivity index (χ1n) is 6.40. The first-order chi connectivity index (χ1) is 10.6. The Kier molecular flexibility index (Phi) is 5.37. The van der Waals surface area contributed by atoms with Crippen LogP contribution in [0.4, 0.5) is 11.4 Å². The summed E-state index contributed by atoms with van der Waals surface area (Å²) in [6.07, 6.45) is 1.94. The lowest BCUT2D eigenvalue weighted by Gasteiger charge is -2.08. The third-order valence-corrected chi connectivity index (χ3v) is 3.50. The van der Waals surface area contributed by atoms with Gasteiger partial charge in [0.25, 0.3) is 5.91 Å². The van der Waals surface area contributed by atoms with Crippen LogP contribution in [0.1, 0.15) is 0 Å². The van der Waals surface area contributed by atoms with Crippen molar-refractivity contribution < 1.29 is 14.5 Å². The molecule has 6 nitrogen and oxygen atoms in total. The number of nitrogens with zero attached hydrogens (tertiary/aromatic N) is 1. The highest BCUT2D eigenvalue weighted by Gasteiger charge is 2.14. The number of thioether (sulfide) groups is 1. The molecule has 1 amide bonds. The van der Waals surface area contributed by atoms with Crippen LogP contribution in [0.2, 0.25) is 0 Å². The number of rotatable bonds is 6. The molecule has 114 valence electrons. The van der Waals surface area contributed by atoms with Crippen LogP contribution >= 0.6 is 11.8 Å². The Balaban J connectivity index is 1.97. The quantitative estimate of drug-likeness (QED) is 0.502. The molecule has 0 saturated heterocycles. The smallest absolute Gasteiger partial charge is 0.310 e. The van der Waals surface area contributed by atoms with Crippen LogP contribution in [-0.4, -0.2) is 23.7 Å². The summed E-state index contributed by atoms with van der Waals surface area (Å²) in [7, 11) is 0. The number of para-hydroxylation sites is 2. The van der Waals surface area contributed by atoms with Crippen LogP contribution in [0.15, 0.2) is 53.4 Å². The summed E-state index contributed by atoms with van der Waals surface area (Å²) in [5.74, 6) is -0.308. The van der Waals surface area contributed by atoms with Crippen molar-refractivity contribution in [3.05, 3.63) is 58.6 Å². The molecule has 0 aliphatic carbocycles. The molecule has 0 fully saturated rings. The number of hydrogen-bond donors (Lipinski definition) is 1. The number of anilines is 1. The normalized spacial score (nSPS) is 10.0. The number of amides is 1. The van der Waals surface area contributed by atoms with Gasteiger partial charge in [0.2, 0.25) is 0 Å². The van der Waals surface area contributed by atoms with Gasteiger partial charge in [-0.3, -0.25) is 14.9 Å². The third-order valence-electron chi connectivity index (χ3n) is 2.77. The molecule has 0 aliphatic rings. The summed E-state index contributed by atoms with van der Waals surface area (Å²) < 4.78 is 5.23. The molecule has 1 N–H and O–H groups in total. The number of benzene rings is 2. The zero-order valence-electron chi connectivity index (χ0n) is 11.8. The van der Waals surface area contributed by atoms with Crippen LogP contribution in [0.5, 0.6) is 5.75 Å². The first kappa shape index (κ1) is 15.8. The lowest BCUT2D eigenvalue weighted by molar-refractivity contribution is -0.385. The molecule has 2 rings (SSSR count). The van der Waals surface area contributed by atoms with Gasteiger partial charge >= 0.3 is 5.69 Å². The molecule has 2 aromatic rings. The van der Waals surface area contributed by atoms with Gasteiger partial charge in [-0.2, -0.15) is 0 Å². The van der Waals surface area contributed by atoms with E-state index in [4.69, 9.17) is 4.74 Å². The molecule has 7 heteroatoms. The monoisotopic (exact) mass is 318 g/mol. The topological polar surface area (TPSA) is 81.5 Å². The molecule has 0 unspecified atom stereocenters. The van der Waals surface area contributed by atoms with Gasteiger partial charge < -0.3 is 10.1 Å². The van der Waals surface area contributed by atoms with E-state index in [-0.39, 0.29) is 24.0 Å². The van der Waals surface area contributed by atoms with Gasteiger partial charge in [-0.15, -0.1) is 11.8 Å². The van der Waals surface area contributed by atoms with Gasteiger partial charge in [0.1, 0.15) is 0 Å². The van der Waals surface area contributed by atoms with Crippen molar-refractivity contribution in [2.75, 3.05) is 18.2 Å². The molecular weight excluding hydrogens is 304 g/mol. The van der Waals surface area contributed by atoms with Crippen molar-refractivity contribution >= 4 is 29.0 Å². The van der Waals surface area contributed by atoms with Gasteiger partial charge in [0.05, 0.1) is 4.92 Å². The highest BCUT2D eigenvalue weighted by Crippen LogP contribution is 2.25. The average Bonchev–Trinajstić information content (AvgIpc) is 2.53. The minimum atomic E-state index is -0.546. The number of nitrogens with one attached hydrogen (secondary N) is 1. The van der Waals surface area contributed by atoms with Crippen molar-refractivity contribution in [1.82, 2.24) is 0 Å². The number of nitro benzene ring substituents is 1. The SMILES string of the molecule is CSc1cccc(NC(=O)COc2ccccc2[N+](=O)[O-])c1. The summed E-state index contributed by atoms with van der Waals surface area (Å²) in [4.78, 5) is 23.2. The van der Waals surface area contributed by atoms with Crippen LogP contribution in [0.25, 0.3) is 0 Å². The second-order valence-electron chi connectivity index (χ2n) is 4.29. The predicted molar refractivity (Wildman–Crippen MR) is 85.4 cm³/mol. The fraction of sp³-hybridized carbons (Fsp3) is 0.133. The van der Waals surface area contributed by atoms with Crippen molar-refractivity contribution in [3.63, 3.8) is 0 Å². The van der Waals surface area contributed by atoms with E-state index >= 15 is 0 Å². The fourth-order valence-corrected chi connectivity index (χ4v) is 2.23. The maximum Gasteiger partial charge on any atom is 0.310 e. The summed E-state index contributed by atoms with van der Waals surface area (Å²) in [5.41, 5.74) is 0.489. The number of carbonyl (C=O) groups is 1. The van der Waals surface area contributed by atoms with E-state index in [1.54, 1.807) is 30.0 Å². The number of nitro groups is 1. The lowest BCUT2D eigenvalue weighted by atomic mass is 10.3. The van der Waals surface area contributed by atoms with E-state index in [0.717, 1.165) is 4.90 Å². The zero-order valence-corrected chi connectivity index (χ0v) is 12.6. The molecule has 0 aromatic heterocycles. The van der Waals surface area contributed by atoms with Gasteiger partial charge in [-0.05, 0) is 30.5 Å².